The van der Waals surface area contributed by atoms with E-state index in [1.165, 1.54) is 0 Å². The molecule has 2 aliphatic heterocycles. The van der Waals surface area contributed by atoms with Crippen molar-refractivity contribution in [3.63, 3.8) is 0 Å². The monoisotopic (exact) mass is 300 g/mol. The van der Waals surface area contributed by atoms with E-state index in [1.54, 1.807) is 11.8 Å². The zero-order valence-electron chi connectivity index (χ0n) is 11.8. The van der Waals surface area contributed by atoms with Crippen molar-refractivity contribution in [2.75, 3.05) is 19.6 Å². The van der Waals surface area contributed by atoms with Crippen LogP contribution >= 0.6 is 0 Å². The van der Waals surface area contributed by atoms with Gasteiger partial charge in [0.05, 0.1) is 12.6 Å². The van der Waals surface area contributed by atoms with Crippen LogP contribution in [0, 0.1) is 6.92 Å². The van der Waals surface area contributed by atoms with Gasteiger partial charge in [0.15, 0.2) is 5.82 Å². The Bertz CT molecular complexity index is 526. The van der Waals surface area contributed by atoms with Crippen LogP contribution in [-0.4, -0.2) is 52.5 Å². The van der Waals surface area contributed by atoms with Gasteiger partial charge >= 0.3 is 0 Å². The van der Waals surface area contributed by atoms with Gasteiger partial charge in [0.25, 0.3) is 5.92 Å². The molecule has 0 aromatic carbocycles. The lowest BCUT2D eigenvalue weighted by atomic mass is 9.96. The van der Waals surface area contributed by atoms with Crippen LogP contribution in [0.25, 0.3) is 0 Å². The summed E-state index contributed by atoms with van der Waals surface area (Å²) in [7, 11) is 0. The molecule has 0 spiro atoms. The van der Waals surface area contributed by atoms with E-state index in [9.17, 15) is 13.6 Å². The van der Waals surface area contributed by atoms with Crippen LogP contribution < -0.4 is 5.32 Å². The number of carbonyl (C=O) groups is 1. The zero-order valence-corrected chi connectivity index (χ0v) is 11.8. The smallest absolute Gasteiger partial charge is 0.262 e. The topological polar surface area (TPSA) is 71.3 Å². The first-order valence-electron chi connectivity index (χ1n) is 7.15. The molecule has 0 bridgehead atoms. The van der Waals surface area contributed by atoms with E-state index in [0.29, 0.717) is 24.8 Å². The number of nitrogens with one attached hydrogen (secondary N) is 1. The largest absolute Gasteiger partial charge is 0.341 e. The van der Waals surface area contributed by atoms with E-state index < -0.39 is 24.9 Å². The Hall–Kier alpha value is -1.57. The van der Waals surface area contributed by atoms with E-state index in [-0.39, 0.29) is 11.8 Å². The summed E-state index contributed by atoms with van der Waals surface area (Å²) >= 11 is 0. The molecule has 1 aromatic heterocycles. The van der Waals surface area contributed by atoms with Gasteiger partial charge in [0.2, 0.25) is 11.8 Å². The van der Waals surface area contributed by atoms with Gasteiger partial charge in [0, 0.05) is 25.4 Å². The fraction of sp³-hybridized carbons (Fsp3) is 0.769. The number of rotatable bonds is 2. The number of amides is 1. The van der Waals surface area contributed by atoms with Gasteiger partial charge in [0.1, 0.15) is 0 Å². The molecular weight excluding hydrogens is 282 g/mol. The van der Waals surface area contributed by atoms with Crippen LogP contribution in [0.4, 0.5) is 8.78 Å². The summed E-state index contributed by atoms with van der Waals surface area (Å²) < 4.78 is 31.4. The summed E-state index contributed by atoms with van der Waals surface area (Å²) in [5, 5.41) is 6.37. The molecule has 6 nitrogen and oxygen atoms in total. The summed E-state index contributed by atoms with van der Waals surface area (Å²) in [5.41, 5.74) is 0. The molecule has 8 heteroatoms. The van der Waals surface area contributed by atoms with Crippen molar-refractivity contribution in [3.05, 3.63) is 11.7 Å². The Labute approximate surface area is 120 Å². The highest BCUT2D eigenvalue weighted by Crippen LogP contribution is 2.29. The molecule has 0 radical (unpaired) electrons. The van der Waals surface area contributed by atoms with Crippen molar-refractivity contribution >= 4 is 5.91 Å². The van der Waals surface area contributed by atoms with Crippen molar-refractivity contribution in [2.24, 2.45) is 0 Å². The number of likely N-dealkylation sites (tertiary alicyclic amines) is 1. The predicted molar refractivity (Wildman–Crippen MR) is 68.9 cm³/mol. The first kappa shape index (κ1) is 14.4. The van der Waals surface area contributed by atoms with Crippen molar-refractivity contribution in [1.82, 2.24) is 20.4 Å². The molecular formula is C13H18F2N4O2. The van der Waals surface area contributed by atoms with Gasteiger partial charge in [-0.05, 0) is 19.8 Å². The Morgan fingerprint density at radius 3 is 2.67 bits per heavy atom. The predicted octanol–water partition coefficient (Wildman–Crippen LogP) is 1.08. The van der Waals surface area contributed by atoms with Gasteiger partial charge in [-0.3, -0.25) is 10.1 Å². The maximum absolute atomic E-state index is 13.1. The first-order valence-corrected chi connectivity index (χ1v) is 7.15. The first-order chi connectivity index (χ1) is 9.94. The van der Waals surface area contributed by atoms with Crippen molar-refractivity contribution in [3.8, 4) is 0 Å². The van der Waals surface area contributed by atoms with Crippen LogP contribution in [-0.2, 0) is 4.79 Å². The highest BCUT2D eigenvalue weighted by molar-refractivity contribution is 5.82. The number of aryl methyl sites for hydroxylation is 1. The number of aromatic nitrogens is 2. The number of halogens is 2. The third kappa shape index (κ3) is 3.04. The molecule has 0 aliphatic carbocycles. The number of piperidine rings is 1. The average Bonchev–Trinajstić information content (AvgIpc) is 3.04. The van der Waals surface area contributed by atoms with Crippen molar-refractivity contribution in [2.45, 2.75) is 44.1 Å². The minimum Gasteiger partial charge on any atom is -0.341 e. The van der Waals surface area contributed by atoms with Gasteiger partial charge in [-0.2, -0.15) is 4.98 Å². The molecule has 21 heavy (non-hydrogen) atoms. The van der Waals surface area contributed by atoms with Gasteiger partial charge in [-0.15, -0.1) is 0 Å². The molecule has 2 saturated heterocycles. The number of hydrogen-bond acceptors (Lipinski definition) is 5. The molecule has 1 atom stereocenters. The lowest BCUT2D eigenvalue weighted by Gasteiger charge is -2.32. The summed E-state index contributed by atoms with van der Waals surface area (Å²) in [5.74, 6) is -1.66. The third-order valence-corrected chi connectivity index (χ3v) is 4.11. The number of carbonyl (C=O) groups excluding carboxylic acids is 1. The van der Waals surface area contributed by atoms with Crippen LogP contribution in [0.1, 0.15) is 36.9 Å². The summed E-state index contributed by atoms with van der Waals surface area (Å²) in [6.45, 7) is 2.42. The van der Waals surface area contributed by atoms with Crippen LogP contribution in [0.5, 0.6) is 0 Å². The van der Waals surface area contributed by atoms with Crippen LogP contribution in [0.2, 0.25) is 0 Å². The van der Waals surface area contributed by atoms with Crippen LogP contribution in [0.3, 0.4) is 0 Å². The van der Waals surface area contributed by atoms with Gasteiger partial charge < -0.3 is 9.42 Å². The van der Waals surface area contributed by atoms with E-state index in [2.05, 4.69) is 15.5 Å². The minimum absolute atomic E-state index is 0.147. The maximum Gasteiger partial charge on any atom is 0.262 e. The number of hydrogen-bond donors (Lipinski definition) is 1. The van der Waals surface area contributed by atoms with Gasteiger partial charge in [-0.25, -0.2) is 8.78 Å². The second-order valence-corrected chi connectivity index (χ2v) is 5.77. The Morgan fingerprint density at radius 2 is 2.14 bits per heavy atom. The van der Waals surface area contributed by atoms with E-state index >= 15 is 0 Å². The van der Waals surface area contributed by atoms with E-state index in [0.717, 1.165) is 12.8 Å². The lowest BCUT2D eigenvalue weighted by Crippen LogP contribution is -2.46. The van der Waals surface area contributed by atoms with Crippen LogP contribution in [0.15, 0.2) is 4.52 Å². The Kier molecular flexibility index (Phi) is 3.64. The zero-order chi connectivity index (χ0) is 15.0. The highest BCUT2D eigenvalue weighted by Gasteiger charge is 2.44. The Morgan fingerprint density at radius 1 is 1.43 bits per heavy atom. The molecule has 1 unspecified atom stereocenters. The van der Waals surface area contributed by atoms with E-state index in [4.69, 9.17) is 4.52 Å². The summed E-state index contributed by atoms with van der Waals surface area (Å²) in [6.07, 6.45) is 1.03. The second-order valence-electron chi connectivity index (χ2n) is 5.77. The average molecular weight is 300 g/mol. The molecule has 1 N–H and O–H groups in total. The highest BCUT2D eigenvalue weighted by atomic mass is 19.3. The number of nitrogens with zero attached hydrogens (tertiary/aromatic N) is 3. The summed E-state index contributed by atoms with van der Waals surface area (Å²) in [4.78, 5) is 18.1. The van der Waals surface area contributed by atoms with Crippen molar-refractivity contribution in [1.29, 1.82) is 0 Å². The third-order valence-electron chi connectivity index (χ3n) is 4.11. The van der Waals surface area contributed by atoms with E-state index in [1.807, 2.05) is 0 Å². The molecule has 2 aliphatic rings. The molecule has 2 fully saturated rings. The van der Waals surface area contributed by atoms with Crippen molar-refractivity contribution < 1.29 is 18.1 Å². The summed E-state index contributed by atoms with van der Waals surface area (Å²) in [6, 6.07) is -0.762. The molecule has 1 amide bonds. The maximum atomic E-state index is 13.1. The fourth-order valence-electron chi connectivity index (χ4n) is 2.94. The molecule has 116 valence electrons. The lowest BCUT2D eigenvalue weighted by molar-refractivity contribution is -0.134. The fourth-order valence-corrected chi connectivity index (χ4v) is 2.94. The normalized spacial score (nSPS) is 26.2. The second kappa shape index (κ2) is 5.32. The molecule has 3 heterocycles. The quantitative estimate of drug-likeness (QED) is 0.885. The van der Waals surface area contributed by atoms with Gasteiger partial charge in [-0.1, -0.05) is 5.16 Å². The molecule has 1 aromatic rings. The Balaban J connectivity index is 1.55. The minimum atomic E-state index is -2.78. The molecule has 3 rings (SSSR count). The SMILES string of the molecule is Cc1noc(C2CCN(C(=O)C3CC(F)(F)CN3)CC2)n1. The number of alkyl halides is 2. The molecule has 0 saturated carbocycles. The standard InChI is InChI=1S/C13H18F2N4O2/c1-8-17-11(21-18-8)9-2-4-19(5-3-9)12(20)10-6-13(14,15)7-16-10/h9-10,16H,2-7H2,1H3.